The van der Waals surface area contributed by atoms with Crippen LogP contribution in [0.4, 0.5) is 5.69 Å². The number of nitrogens with two attached hydrogens (primary N) is 1. The quantitative estimate of drug-likeness (QED) is 0.351. The maximum Gasteiger partial charge on any atom is 0.255 e. The Balaban J connectivity index is 1.37. The molecular formula is C25H28N4O4. The minimum absolute atomic E-state index is 0.0168. The molecule has 1 aliphatic carbocycles. The summed E-state index contributed by atoms with van der Waals surface area (Å²) in [6.07, 6.45) is 4.75. The molecular weight excluding hydrogens is 420 g/mol. The fourth-order valence-corrected chi connectivity index (χ4v) is 4.12. The van der Waals surface area contributed by atoms with Gasteiger partial charge in [0.15, 0.2) is 6.10 Å². The molecule has 0 radical (unpaired) electrons. The maximum absolute atomic E-state index is 12.5. The van der Waals surface area contributed by atoms with Gasteiger partial charge in [0.25, 0.3) is 5.91 Å². The normalized spacial score (nSPS) is 21.6. The summed E-state index contributed by atoms with van der Waals surface area (Å²) < 4.78 is 10.8. The number of carbonyl (C=O) groups excluding carboxylic acids is 2. The average molecular weight is 449 g/mol. The Morgan fingerprint density at radius 3 is 2.73 bits per heavy atom. The number of anilines is 1. The molecule has 8 heteroatoms. The van der Waals surface area contributed by atoms with E-state index in [4.69, 9.17) is 15.3 Å². The number of hydrogen-bond donors (Lipinski definition) is 3. The minimum atomic E-state index is -0.592. The van der Waals surface area contributed by atoms with Crippen molar-refractivity contribution in [1.82, 2.24) is 10.3 Å². The Hall–Kier alpha value is -3.20. The number of aryl methyl sites for hydroxylation is 1. The van der Waals surface area contributed by atoms with Crippen LogP contribution in [0.2, 0.25) is 0 Å². The third-order valence-corrected chi connectivity index (χ3v) is 6.24. The molecule has 2 atom stereocenters. The Bertz CT molecular complexity index is 1200. The van der Waals surface area contributed by atoms with Crippen LogP contribution in [0, 0.1) is 12.8 Å². The predicted molar refractivity (Wildman–Crippen MR) is 125 cm³/mol. The highest BCUT2D eigenvalue weighted by Crippen LogP contribution is 2.30. The molecule has 5 rings (SSSR count). The molecule has 2 aromatic rings. The van der Waals surface area contributed by atoms with Crippen molar-refractivity contribution in [2.75, 3.05) is 25.1 Å². The van der Waals surface area contributed by atoms with E-state index in [1.54, 1.807) is 0 Å². The van der Waals surface area contributed by atoms with Gasteiger partial charge in [0.1, 0.15) is 6.17 Å². The number of benzene rings is 2. The summed E-state index contributed by atoms with van der Waals surface area (Å²) in [5.74, 6) is 5.91. The summed E-state index contributed by atoms with van der Waals surface area (Å²) in [6.45, 7) is 3.24. The summed E-state index contributed by atoms with van der Waals surface area (Å²) in [4.78, 5) is 24.8. The van der Waals surface area contributed by atoms with Crippen molar-refractivity contribution >= 4 is 29.8 Å². The predicted octanol–water partition coefficient (Wildman–Crippen LogP) is 0.576. The lowest BCUT2D eigenvalue weighted by atomic mass is 9.98. The van der Waals surface area contributed by atoms with Crippen molar-refractivity contribution in [2.45, 2.75) is 32.0 Å². The zero-order valence-electron chi connectivity index (χ0n) is 18.5. The number of carbonyl (C=O) groups is 2. The monoisotopic (exact) mass is 448 g/mol. The van der Waals surface area contributed by atoms with Gasteiger partial charge in [-0.3, -0.25) is 14.6 Å². The molecule has 33 heavy (non-hydrogen) atoms. The van der Waals surface area contributed by atoms with Crippen LogP contribution in [0.5, 0.6) is 0 Å². The number of hydrazine groups is 1. The molecule has 2 aromatic carbocycles. The van der Waals surface area contributed by atoms with Crippen molar-refractivity contribution in [1.29, 1.82) is 0 Å². The van der Waals surface area contributed by atoms with Crippen LogP contribution in [-0.4, -0.2) is 48.9 Å². The van der Waals surface area contributed by atoms with E-state index in [1.807, 2.05) is 49.5 Å². The van der Waals surface area contributed by atoms with Crippen LogP contribution in [0.15, 0.2) is 36.4 Å². The largest absolute Gasteiger partial charge is 0.376 e. The number of nitrogens with one attached hydrogen (secondary N) is 2. The topological polar surface area (TPSA) is 106 Å². The highest BCUT2D eigenvalue weighted by molar-refractivity contribution is 5.95. The van der Waals surface area contributed by atoms with Gasteiger partial charge in [0, 0.05) is 17.8 Å². The highest BCUT2D eigenvalue weighted by Gasteiger charge is 2.34. The van der Waals surface area contributed by atoms with Crippen molar-refractivity contribution < 1.29 is 19.1 Å². The van der Waals surface area contributed by atoms with Gasteiger partial charge in [0.2, 0.25) is 5.91 Å². The van der Waals surface area contributed by atoms with Crippen molar-refractivity contribution in [3.8, 4) is 11.1 Å². The third-order valence-electron chi connectivity index (χ3n) is 6.24. The first-order valence-corrected chi connectivity index (χ1v) is 11.3. The molecule has 2 unspecified atom stereocenters. The summed E-state index contributed by atoms with van der Waals surface area (Å²) in [7, 11) is 0. The first-order valence-electron chi connectivity index (χ1n) is 11.3. The summed E-state index contributed by atoms with van der Waals surface area (Å²) in [5.41, 5.74) is 3.86. The van der Waals surface area contributed by atoms with Crippen molar-refractivity contribution in [2.24, 2.45) is 11.8 Å². The van der Waals surface area contributed by atoms with Crippen LogP contribution in [0.25, 0.3) is 23.4 Å². The molecule has 2 amide bonds. The molecule has 3 aliphatic rings. The molecule has 2 aliphatic heterocycles. The highest BCUT2D eigenvalue weighted by atomic mass is 16.6. The fraction of sp³-hybridized carbons (Fsp3) is 0.360. The van der Waals surface area contributed by atoms with E-state index < -0.39 is 6.10 Å². The maximum atomic E-state index is 12.5. The SMILES string of the molecule is Cc1ccc(NC(=O)C2COCCO2)cc1-c1ccc2c(c1)=CNC(N(N)C(=O)C1CC1)C=2. The summed E-state index contributed by atoms with van der Waals surface area (Å²) in [5, 5.41) is 9.47. The van der Waals surface area contributed by atoms with Gasteiger partial charge in [0.05, 0.1) is 19.8 Å². The van der Waals surface area contributed by atoms with E-state index in [2.05, 4.69) is 16.7 Å². The Labute approximate surface area is 192 Å². The number of hydrogen-bond acceptors (Lipinski definition) is 6. The van der Waals surface area contributed by atoms with Gasteiger partial charge in [-0.2, -0.15) is 0 Å². The lowest BCUT2D eigenvalue weighted by molar-refractivity contribution is -0.142. The second-order valence-corrected chi connectivity index (χ2v) is 8.74. The van der Waals surface area contributed by atoms with Crippen molar-refractivity contribution in [3.63, 3.8) is 0 Å². The van der Waals surface area contributed by atoms with Gasteiger partial charge in [-0.05, 0) is 71.2 Å². The fourth-order valence-electron chi connectivity index (χ4n) is 4.12. The van der Waals surface area contributed by atoms with Gasteiger partial charge in [-0.1, -0.05) is 18.2 Å². The lowest BCUT2D eigenvalue weighted by Gasteiger charge is -2.27. The zero-order chi connectivity index (χ0) is 22.9. The first kappa shape index (κ1) is 21.6. The number of ether oxygens (including phenoxy) is 2. The Kier molecular flexibility index (Phi) is 5.88. The molecule has 8 nitrogen and oxygen atoms in total. The first-order chi connectivity index (χ1) is 16.0. The van der Waals surface area contributed by atoms with Crippen LogP contribution in [-0.2, 0) is 19.1 Å². The number of nitrogens with zero attached hydrogens (tertiary/aromatic N) is 1. The molecule has 0 bridgehead atoms. The zero-order valence-corrected chi connectivity index (χ0v) is 18.5. The Morgan fingerprint density at radius 2 is 1.97 bits per heavy atom. The molecule has 1 saturated carbocycles. The van der Waals surface area contributed by atoms with E-state index in [0.29, 0.717) is 18.9 Å². The van der Waals surface area contributed by atoms with E-state index in [-0.39, 0.29) is 30.5 Å². The molecule has 172 valence electrons. The number of rotatable bonds is 5. The van der Waals surface area contributed by atoms with Crippen LogP contribution < -0.4 is 26.9 Å². The summed E-state index contributed by atoms with van der Waals surface area (Å²) in [6, 6.07) is 12.0. The number of amides is 2. The number of fused-ring (bicyclic) bond motifs is 1. The Morgan fingerprint density at radius 1 is 1.12 bits per heavy atom. The van der Waals surface area contributed by atoms with Gasteiger partial charge < -0.3 is 20.1 Å². The lowest BCUT2D eigenvalue weighted by Crippen LogP contribution is -2.54. The molecule has 2 fully saturated rings. The molecule has 0 aromatic heterocycles. The van der Waals surface area contributed by atoms with Gasteiger partial charge in [-0.15, -0.1) is 0 Å². The van der Waals surface area contributed by atoms with E-state index in [0.717, 1.165) is 40.0 Å². The summed E-state index contributed by atoms with van der Waals surface area (Å²) >= 11 is 0. The van der Waals surface area contributed by atoms with Crippen LogP contribution >= 0.6 is 0 Å². The molecule has 1 saturated heterocycles. The van der Waals surface area contributed by atoms with Crippen molar-refractivity contribution in [3.05, 3.63) is 52.4 Å². The second-order valence-electron chi connectivity index (χ2n) is 8.74. The minimum Gasteiger partial charge on any atom is -0.376 e. The van der Waals surface area contributed by atoms with Crippen LogP contribution in [0.3, 0.4) is 0 Å². The second kappa shape index (κ2) is 8.97. The average Bonchev–Trinajstić information content (AvgIpc) is 3.70. The smallest absolute Gasteiger partial charge is 0.255 e. The van der Waals surface area contributed by atoms with E-state index in [9.17, 15) is 9.59 Å². The van der Waals surface area contributed by atoms with E-state index >= 15 is 0 Å². The third kappa shape index (κ3) is 4.64. The molecule has 4 N–H and O–H groups in total. The molecule has 0 spiro atoms. The molecule has 2 heterocycles. The van der Waals surface area contributed by atoms with E-state index in [1.165, 1.54) is 5.01 Å². The van der Waals surface area contributed by atoms with Crippen LogP contribution in [0.1, 0.15) is 18.4 Å². The van der Waals surface area contributed by atoms with Gasteiger partial charge in [-0.25, -0.2) is 5.84 Å². The standard InChI is InChI=1S/C25H28N4O4/c1-15-2-7-20(28-24(30)22-14-32-8-9-33-22)12-21(15)18-6-5-17-11-23(27-13-19(17)10-18)29(26)25(31)16-3-4-16/h2,5-7,10-13,16,22-23,27H,3-4,8-9,14,26H2,1H3,(H,28,30). The van der Waals surface area contributed by atoms with Gasteiger partial charge >= 0.3 is 0 Å².